The number of carbonyl (C=O) groups excluding carboxylic acids is 3. The molecule has 8 heteroatoms. The fraction of sp³-hybridized carbons (Fsp3) is 0.118. The van der Waals surface area contributed by atoms with Gasteiger partial charge >= 0.3 is 0 Å². The van der Waals surface area contributed by atoms with Crippen LogP contribution in [0.15, 0.2) is 57.2 Å². The summed E-state index contributed by atoms with van der Waals surface area (Å²) in [5, 5.41) is 15.3. The molecule has 0 saturated carbocycles. The quantitative estimate of drug-likeness (QED) is 0.669. The number of furan rings is 1. The largest absolute Gasteiger partial charge is 0.550 e. The number of benzene rings is 1. The Morgan fingerprint density at radius 2 is 2.00 bits per heavy atom. The van der Waals surface area contributed by atoms with Gasteiger partial charge in [-0.3, -0.25) is 9.59 Å². The number of hydrogen-bond acceptors (Lipinski definition) is 5. The molecule has 2 N–H and O–H groups in total. The minimum absolute atomic E-state index is 0.0437. The summed E-state index contributed by atoms with van der Waals surface area (Å²) in [6.07, 6.45) is 2.48. The molecule has 0 aliphatic rings. The molecule has 0 aliphatic carbocycles. The van der Waals surface area contributed by atoms with Crippen LogP contribution in [-0.4, -0.2) is 24.3 Å². The summed E-state index contributed by atoms with van der Waals surface area (Å²) < 4.78 is 5.79. The Labute approximate surface area is 151 Å². The molecule has 2 aromatic rings. The summed E-state index contributed by atoms with van der Waals surface area (Å²) >= 11 is 3.32. The van der Waals surface area contributed by atoms with E-state index in [1.807, 2.05) is 6.07 Å². The van der Waals surface area contributed by atoms with Crippen molar-refractivity contribution in [2.24, 2.45) is 0 Å². The molecule has 0 unspecified atom stereocenters. The fourth-order valence-corrected chi connectivity index (χ4v) is 2.30. The van der Waals surface area contributed by atoms with Crippen molar-refractivity contribution in [1.82, 2.24) is 10.6 Å². The lowest BCUT2D eigenvalue weighted by Crippen LogP contribution is -2.37. The molecule has 2 amide bonds. The molecular weight excluding hydrogens is 392 g/mol. The Kier molecular flexibility index (Phi) is 6.53. The number of amides is 2. The zero-order valence-corrected chi connectivity index (χ0v) is 14.5. The fourth-order valence-electron chi connectivity index (χ4n) is 1.89. The van der Waals surface area contributed by atoms with Crippen LogP contribution in [0.2, 0.25) is 0 Å². The molecule has 1 heterocycles. The molecular formula is C17H14BrN2O5-. The summed E-state index contributed by atoms with van der Waals surface area (Å²) in [5.74, 6) is -2.46. The first-order valence-electron chi connectivity index (χ1n) is 7.26. The Morgan fingerprint density at radius 1 is 1.20 bits per heavy atom. The summed E-state index contributed by atoms with van der Waals surface area (Å²) in [5.41, 5.74) is 0.622. The van der Waals surface area contributed by atoms with E-state index < -0.39 is 17.8 Å². The molecule has 1 aromatic carbocycles. The van der Waals surface area contributed by atoms with E-state index >= 15 is 0 Å². The Hall–Kier alpha value is -2.87. The first-order valence-corrected chi connectivity index (χ1v) is 8.05. The second kappa shape index (κ2) is 8.84. The minimum atomic E-state index is -1.28. The van der Waals surface area contributed by atoms with Crippen molar-refractivity contribution >= 4 is 39.8 Å². The lowest BCUT2D eigenvalue weighted by atomic mass is 10.2. The molecule has 0 atom stereocenters. The summed E-state index contributed by atoms with van der Waals surface area (Å²) in [7, 11) is 0. The summed E-state index contributed by atoms with van der Waals surface area (Å²) in [6, 6.07) is 10.1. The van der Waals surface area contributed by atoms with Gasteiger partial charge in [0.1, 0.15) is 5.70 Å². The van der Waals surface area contributed by atoms with Gasteiger partial charge in [-0.1, -0.05) is 28.1 Å². The van der Waals surface area contributed by atoms with Gasteiger partial charge in [0.25, 0.3) is 11.8 Å². The van der Waals surface area contributed by atoms with E-state index in [1.54, 1.807) is 24.3 Å². The minimum Gasteiger partial charge on any atom is -0.550 e. The Bertz CT molecular complexity index is 799. The smallest absolute Gasteiger partial charge is 0.291 e. The molecule has 7 nitrogen and oxygen atoms in total. The predicted octanol–water partition coefficient (Wildman–Crippen LogP) is 1.07. The van der Waals surface area contributed by atoms with Crippen LogP contribution in [0.4, 0.5) is 0 Å². The van der Waals surface area contributed by atoms with Crippen LogP contribution in [0.5, 0.6) is 0 Å². The monoisotopic (exact) mass is 405 g/mol. The molecule has 1 aromatic heterocycles. The van der Waals surface area contributed by atoms with Gasteiger partial charge in [-0.25, -0.2) is 0 Å². The van der Waals surface area contributed by atoms with Crippen molar-refractivity contribution in [2.75, 3.05) is 6.54 Å². The molecule has 0 spiro atoms. The number of halogens is 1. The highest BCUT2D eigenvalue weighted by atomic mass is 79.9. The van der Waals surface area contributed by atoms with Crippen molar-refractivity contribution in [1.29, 1.82) is 0 Å². The predicted molar refractivity (Wildman–Crippen MR) is 90.9 cm³/mol. The summed E-state index contributed by atoms with van der Waals surface area (Å²) in [6.45, 7) is -0.117. The van der Waals surface area contributed by atoms with Crippen LogP contribution >= 0.6 is 15.9 Å². The topological polar surface area (TPSA) is 111 Å². The molecule has 2 rings (SSSR count). The van der Waals surface area contributed by atoms with Gasteiger partial charge < -0.3 is 25.0 Å². The maximum atomic E-state index is 12.3. The molecule has 0 saturated heterocycles. The van der Waals surface area contributed by atoms with Gasteiger partial charge in [0.15, 0.2) is 5.76 Å². The van der Waals surface area contributed by atoms with Gasteiger partial charge in [-0.2, -0.15) is 0 Å². The van der Waals surface area contributed by atoms with Gasteiger partial charge in [0.2, 0.25) is 0 Å². The molecule has 130 valence electrons. The second-order valence-corrected chi connectivity index (χ2v) is 5.84. The van der Waals surface area contributed by atoms with Crippen molar-refractivity contribution in [3.05, 3.63) is 64.2 Å². The van der Waals surface area contributed by atoms with Crippen LogP contribution < -0.4 is 15.7 Å². The lowest BCUT2D eigenvalue weighted by molar-refractivity contribution is -0.305. The van der Waals surface area contributed by atoms with E-state index in [1.165, 1.54) is 18.4 Å². The standard InChI is InChI=1S/C17H15BrN2O5/c18-12-4-1-3-11(9-12)10-13(16(23)19-7-6-15(21)22)20-17(24)14-5-2-8-25-14/h1-5,8-10H,6-7H2,(H,19,23)(H,20,24)(H,21,22)/p-1/b13-10+. The number of carboxylic acid groups (broad SMARTS) is 1. The lowest BCUT2D eigenvalue weighted by Gasteiger charge is -2.10. The second-order valence-electron chi connectivity index (χ2n) is 4.92. The van der Waals surface area contributed by atoms with E-state index in [-0.39, 0.29) is 24.4 Å². The normalized spacial score (nSPS) is 11.0. The number of rotatable bonds is 7. The zero-order valence-electron chi connectivity index (χ0n) is 13.0. The Morgan fingerprint density at radius 3 is 2.64 bits per heavy atom. The number of aliphatic carboxylic acids is 1. The molecule has 0 radical (unpaired) electrons. The average Bonchev–Trinajstić information content (AvgIpc) is 3.08. The van der Waals surface area contributed by atoms with Gasteiger partial charge in [-0.15, -0.1) is 0 Å². The number of carbonyl (C=O) groups is 3. The third-order valence-corrected chi connectivity index (χ3v) is 3.51. The first-order chi connectivity index (χ1) is 12.0. The van der Waals surface area contributed by atoms with Crippen molar-refractivity contribution in [2.45, 2.75) is 6.42 Å². The first kappa shape index (κ1) is 18.5. The van der Waals surface area contributed by atoms with Gasteiger partial charge in [-0.05, 0) is 35.9 Å². The highest BCUT2D eigenvalue weighted by Gasteiger charge is 2.16. The number of hydrogen-bond donors (Lipinski definition) is 2. The van der Waals surface area contributed by atoms with Crippen molar-refractivity contribution in [3.63, 3.8) is 0 Å². The number of carboxylic acids is 1. The summed E-state index contributed by atoms with van der Waals surface area (Å²) in [4.78, 5) is 34.8. The third kappa shape index (κ3) is 5.92. The highest BCUT2D eigenvalue weighted by molar-refractivity contribution is 9.10. The van der Waals surface area contributed by atoms with Crippen molar-refractivity contribution in [3.8, 4) is 0 Å². The highest BCUT2D eigenvalue weighted by Crippen LogP contribution is 2.14. The van der Waals surface area contributed by atoms with Crippen LogP contribution in [-0.2, 0) is 9.59 Å². The Balaban J connectivity index is 2.19. The third-order valence-electron chi connectivity index (χ3n) is 3.01. The van der Waals surface area contributed by atoms with E-state index in [2.05, 4.69) is 26.6 Å². The number of nitrogens with one attached hydrogen (secondary N) is 2. The SMILES string of the molecule is O=C([O-])CCNC(=O)/C(=C\c1cccc(Br)c1)NC(=O)c1ccco1. The van der Waals surface area contributed by atoms with E-state index in [4.69, 9.17) is 4.42 Å². The van der Waals surface area contributed by atoms with Crippen molar-refractivity contribution < 1.29 is 23.9 Å². The van der Waals surface area contributed by atoms with Crippen LogP contribution in [0, 0.1) is 0 Å². The molecule has 0 aliphatic heterocycles. The zero-order chi connectivity index (χ0) is 18.2. The van der Waals surface area contributed by atoms with Gasteiger partial charge in [0, 0.05) is 23.4 Å². The van der Waals surface area contributed by atoms with Crippen LogP contribution in [0.3, 0.4) is 0 Å². The van der Waals surface area contributed by atoms with Crippen LogP contribution in [0.25, 0.3) is 6.08 Å². The van der Waals surface area contributed by atoms with Gasteiger partial charge in [0.05, 0.1) is 6.26 Å². The molecule has 25 heavy (non-hydrogen) atoms. The van der Waals surface area contributed by atoms with E-state index in [9.17, 15) is 19.5 Å². The maximum Gasteiger partial charge on any atom is 0.291 e. The molecule has 0 bridgehead atoms. The van der Waals surface area contributed by atoms with Crippen LogP contribution in [0.1, 0.15) is 22.5 Å². The maximum absolute atomic E-state index is 12.3. The molecule has 0 fully saturated rings. The van der Waals surface area contributed by atoms with E-state index in [0.29, 0.717) is 5.56 Å². The van der Waals surface area contributed by atoms with E-state index in [0.717, 1.165) is 4.47 Å². The average molecular weight is 406 g/mol.